The Morgan fingerprint density at radius 3 is 3.00 bits per heavy atom. The lowest BCUT2D eigenvalue weighted by Gasteiger charge is -2.06. The number of nitrogens with zero attached hydrogens (tertiary/aromatic N) is 1. The molecule has 0 aliphatic rings. The van der Waals surface area contributed by atoms with E-state index in [2.05, 4.69) is 16.2 Å². The molecule has 0 unspecified atom stereocenters. The Labute approximate surface area is 127 Å². The Morgan fingerprint density at radius 1 is 1.50 bits per heavy atom. The molecular formula is C17H14FN3O. The van der Waals surface area contributed by atoms with Crippen molar-refractivity contribution < 1.29 is 9.18 Å². The van der Waals surface area contributed by atoms with Gasteiger partial charge in [0.25, 0.3) is 0 Å². The van der Waals surface area contributed by atoms with Crippen molar-refractivity contribution in [1.29, 1.82) is 0 Å². The topological polar surface area (TPSA) is 68.0 Å². The normalized spacial score (nSPS) is 10.4. The van der Waals surface area contributed by atoms with E-state index in [0.717, 1.165) is 5.56 Å². The third-order valence-electron chi connectivity index (χ3n) is 2.92. The van der Waals surface area contributed by atoms with E-state index in [4.69, 9.17) is 12.2 Å². The summed E-state index contributed by atoms with van der Waals surface area (Å²) in [5.41, 5.74) is 7.08. The molecule has 3 N–H and O–H groups in total. The largest absolute Gasteiger partial charge is 0.395 e. The zero-order valence-electron chi connectivity index (χ0n) is 11.7. The van der Waals surface area contributed by atoms with E-state index >= 15 is 0 Å². The molecule has 1 aromatic carbocycles. The van der Waals surface area contributed by atoms with Gasteiger partial charge in [0.05, 0.1) is 11.3 Å². The molecule has 2 rings (SSSR count). The molecule has 0 aliphatic carbocycles. The summed E-state index contributed by atoms with van der Waals surface area (Å²) in [6.45, 7) is 0.155. The Morgan fingerprint density at radius 2 is 2.32 bits per heavy atom. The molecule has 4 nitrogen and oxygen atoms in total. The lowest BCUT2D eigenvalue weighted by atomic mass is 10.1. The van der Waals surface area contributed by atoms with E-state index in [1.165, 1.54) is 12.1 Å². The molecule has 0 radical (unpaired) electrons. The van der Waals surface area contributed by atoms with Gasteiger partial charge in [0.15, 0.2) is 0 Å². The molecule has 2 aromatic rings. The summed E-state index contributed by atoms with van der Waals surface area (Å²) in [6.07, 6.45) is 11.6. The summed E-state index contributed by atoms with van der Waals surface area (Å²) in [6, 6.07) is 6.42. The zero-order valence-corrected chi connectivity index (χ0v) is 11.7. The van der Waals surface area contributed by atoms with E-state index in [1.54, 1.807) is 30.6 Å². The van der Waals surface area contributed by atoms with Crippen LogP contribution in [0.4, 0.5) is 10.1 Å². The van der Waals surface area contributed by atoms with Crippen LogP contribution < -0.4 is 11.1 Å². The van der Waals surface area contributed by atoms with Gasteiger partial charge in [-0.05, 0) is 35.4 Å². The molecule has 0 atom stereocenters. The van der Waals surface area contributed by atoms with Gasteiger partial charge in [-0.25, -0.2) is 4.39 Å². The maximum atomic E-state index is 13.6. The fourth-order valence-electron chi connectivity index (χ4n) is 1.79. The number of nitrogens with two attached hydrogens (primary N) is 1. The van der Waals surface area contributed by atoms with Gasteiger partial charge in [-0.1, -0.05) is 12.0 Å². The highest BCUT2D eigenvalue weighted by Crippen LogP contribution is 2.18. The van der Waals surface area contributed by atoms with Crippen LogP contribution in [-0.2, 0) is 11.3 Å². The minimum atomic E-state index is -0.592. The van der Waals surface area contributed by atoms with Gasteiger partial charge in [-0.15, -0.1) is 6.42 Å². The second-order valence-corrected chi connectivity index (χ2v) is 4.52. The van der Waals surface area contributed by atoms with Gasteiger partial charge in [0.1, 0.15) is 5.82 Å². The van der Waals surface area contributed by atoms with Crippen molar-refractivity contribution in [2.45, 2.75) is 6.54 Å². The number of carbonyl (C=O) groups is 1. The number of nitrogen functional groups attached to an aromatic ring is 1. The molecule has 1 amide bonds. The van der Waals surface area contributed by atoms with Crippen molar-refractivity contribution in [3.63, 3.8) is 0 Å². The fraction of sp³-hybridized carbons (Fsp3) is 0.0588. The van der Waals surface area contributed by atoms with Crippen LogP contribution in [0.5, 0.6) is 0 Å². The van der Waals surface area contributed by atoms with Crippen molar-refractivity contribution in [1.82, 2.24) is 10.3 Å². The van der Waals surface area contributed by atoms with Gasteiger partial charge in [-0.3, -0.25) is 9.78 Å². The fourth-order valence-corrected chi connectivity index (χ4v) is 1.79. The quantitative estimate of drug-likeness (QED) is 0.516. The van der Waals surface area contributed by atoms with Gasteiger partial charge in [0.2, 0.25) is 5.91 Å². The lowest BCUT2D eigenvalue weighted by Crippen LogP contribution is -2.20. The SMILES string of the molecule is C#Cc1cc(CNC(=O)/C=C/c2cccnc2)cc(F)c1N. The maximum absolute atomic E-state index is 13.6. The number of carbonyl (C=O) groups excluding carboxylic acids is 1. The molecule has 110 valence electrons. The minimum Gasteiger partial charge on any atom is -0.395 e. The molecule has 0 spiro atoms. The molecule has 0 saturated heterocycles. The van der Waals surface area contributed by atoms with E-state index in [0.29, 0.717) is 5.56 Å². The predicted octanol–water partition coefficient (Wildman–Crippen LogP) is 2.11. The molecule has 0 fully saturated rings. The van der Waals surface area contributed by atoms with Crippen LogP contribution in [0.3, 0.4) is 0 Å². The number of hydrogen-bond donors (Lipinski definition) is 2. The molecule has 0 saturated carbocycles. The number of hydrogen-bond acceptors (Lipinski definition) is 3. The predicted molar refractivity (Wildman–Crippen MR) is 83.9 cm³/mol. The number of terminal acetylenes is 1. The third kappa shape index (κ3) is 3.93. The van der Waals surface area contributed by atoms with E-state index in [-0.39, 0.29) is 23.7 Å². The first-order valence-corrected chi connectivity index (χ1v) is 6.50. The number of amides is 1. The van der Waals surface area contributed by atoms with Crippen molar-refractivity contribution in [3.8, 4) is 12.3 Å². The Hall–Kier alpha value is -3.13. The summed E-state index contributed by atoms with van der Waals surface area (Å²) in [5.74, 6) is 1.42. The summed E-state index contributed by atoms with van der Waals surface area (Å²) < 4.78 is 13.6. The number of aromatic nitrogens is 1. The first-order chi connectivity index (χ1) is 10.6. The number of benzene rings is 1. The zero-order chi connectivity index (χ0) is 15.9. The summed E-state index contributed by atoms with van der Waals surface area (Å²) >= 11 is 0. The number of rotatable bonds is 4. The average molecular weight is 295 g/mol. The van der Waals surface area contributed by atoms with E-state index in [1.807, 2.05) is 6.07 Å². The van der Waals surface area contributed by atoms with Crippen LogP contribution >= 0.6 is 0 Å². The van der Waals surface area contributed by atoms with Crippen LogP contribution in [0, 0.1) is 18.2 Å². The van der Waals surface area contributed by atoms with E-state index < -0.39 is 5.82 Å². The first-order valence-electron chi connectivity index (χ1n) is 6.50. The first kappa shape index (κ1) is 15.3. The Bertz CT molecular complexity index is 748. The number of pyridine rings is 1. The summed E-state index contributed by atoms with van der Waals surface area (Å²) in [5, 5.41) is 2.64. The van der Waals surface area contributed by atoms with Crippen LogP contribution in [0.15, 0.2) is 42.7 Å². The van der Waals surface area contributed by atoms with Gasteiger partial charge >= 0.3 is 0 Å². The van der Waals surface area contributed by atoms with E-state index in [9.17, 15) is 9.18 Å². The van der Waals surface area contributed by atoms with Crippen LogP contribution in [0.1, 0.15) is 16.7 Å². The van der Waals surface area contributed by atoms with Gasteiger partial charge in [-0.2, -0.15) is 0 Å². The molecule has 22 heavy (non-hydrogen) atoms. The minimum absolute atomic E-state index is 0.0611. The van der Waals surface area contributed by atoms with Crippen molar-refractivity contribution in [3.05, 3.63) is 65.2 Å². The smallest absolute Gasteiger partial charge is 0.244 e. The number of halogens is 1. The van der Waals surface area contributed by atoms with Crippen molar-refractivity contribution in [2.24, 2.45) is 0 Å². The standard InChI is InChI=1S/C17H14FN3O/c1-2-14-8-13(9-15(18)17(14)19)11-21-16(22)6-5-12-4-3-7-20-10-12/h1,3-10H,11,19H2,(H,21,22)/b6-5+. The highest BCUT2D eigenvalue weighted by atomic mass is 19.1. The van der Waals surface area contributed by atoms with Crippen molar-refractivity contribution >= 4 is 17.7 Å². The van der Waals surface area contributed by atoms with Crippen LogP contribution in [-0.4, -0.2) is 10.9 Å². The molecule has 0 aliphatic heterocycles. The van der Waals surface area contributed by atoms with Crippen LogP contribution in [0.25, 0.3) is 6.08 Å². The number of nitrogens with one attached hydrogen (secondary N) is 1. The van der Waals surface area contributed by atoms with Crippen molar-refractivity contribution in [2.75, 3.05) is 5.73 Å². The van der Waals surface area contributed by atoms with Gasteiger partial charge < -0.3 is 11.1 Å². The van der Waals surface area contributed by atoms with Gasteiger partial charge in [0, 0.05) is 25.0 Å². The summed E-state index contributed by atoms with van der Waals surface area (Å²) in [7, 11) is 0. The average Bonchev–Trinajstić information content (AvgIpc) is 2.54. The third-order valence-corrected chi connectivity index (χ3v) is 2.92. The van der Waals surface area contributed by atoms with Crippen LogP contribution in [0.2, 0.25) is 0 Å². The maximum Gasteiger partial charge on any atom is 0.244 e. The second kappa shape index (κ2) is 7.04. The molecular weight excluding hydrogens is 281 g/mol. The highest BCUT2D eigenvalue weighted by Gasteiger charge is 2.07. The molecule has 1 aromatic heterocycles. The molecule has 0 bridgehead atoms. The molecule has 5 heteroatoms. The molecule has 1 heterocycles. The Balaban J connectivity index is 1.99. The summed E-state index contributed by atoms with van der Waals surface area (Å²) in [4.78, 5) is 15.7. The lowest BCUT2D eigenvalue weighted by molar-refractivity contribution is -0.116. The highest BCUT2D eigenvalue weighted by molar-refractivity contribution is 5.91. The monoisotopic (exact) mass is 295 g/mol. The second-order valence-electron chi connectivity index (χ2n) is 4.52. The number of anilines is 1. The Kier molecular flexibility index (Phi) is 4.89.